The maximum Gasteiger partial charge on any atom is 0.307 e. The van der Waals surface area contributed by atoms with Gasteiger partial charge in [0.15, 0.2) is 0 Å². The Morgan fingerprint density at radius 2 is 2.23 bits per heavy atom. The van der Waals surface area contributed by atoms with E-state index in [4.69, 9.17) is 0 Å². The molecular formula is C8H17NO3S. The molecule has 1 N–H and O–H groups in total. The third-order valence-corrected chi connectivity index (χ3v) is 2.36. The van der Waals surface area contributed by atoms with Gasteiger partial charge in [0.2, 0.25) is 0 Å². The van der Waals surface area contributed by atoms with Crippen LogP contribution in [-0.2, 0) is 20.3 Å². The largest absolute Gasteiger partial charge is 0.469 e. The van der Waals surface area contributed by atoms with Gasteiger partial charge in [-0.3, -0.25) is 9.00 Å². The molecule has 0 aromatic heterocycles. The van der Waals surface area contributed by atoms with Gasteiger partial charge in [-0.1, -0.05) is 0 Å². The number of carbonyl (C=O) groups excluding carboxylic acids is 1. The lowest BCUT2D eigenvalue weighted by molar-refractivity contribution is -0.141. The molecule has 0 aromatic carbocycles. The molecule has 0 radical (unpaired) electrons. The van der Waals surface area contributed by atoms with E-state index < -0.39 is 10.8 Å². The van der Waals surface area contributed by atoms with Crippen molar-refractivity contribution in [3.63, 3.8) is 0 Å². The van der Waals surface area contributed by atoms with E-state index in [1.165, 1.54) is 7.11 Å². The van der Waals surface area contributed by atoms with Crippen molar-refractivity contribution in [3.05, 3.63) is 0 Å². The third kappa shape index (κ3) is 7.93. The van der Waals surface area contributed by atoms with Crippen LogP contribution in [0.3, 0.4) is 0 Å². The van der Waals surface area contributed by atoms with Crippen molar-refractivity contribution in [3.8, 4) is 0 Å². The van der Waals surface area contributed by atoms with E-state index in [-0.39, 0.29) is 12.0 Å². The van der Waals surface area contributed by atoms with Gasteiger partial charge in [0.05, 0.1) is 13.5 Å². The zero-order valence-electron chi connectivity index (χ0n) is 8.33. The van der Waals surface area contributed by atoms with E-state index in [9.17, 15) is 9.00 Å². The minimum absolute atomic E-state index is 0.0796. The Hall–Kier alpha value is -0.420. The van der Waals surface area contributed by atoms with E-state index >= 15 is 0 Å². The van der Waals surface area contributed by atoms with Crippen LogP contribution in [0.25, 0.3) is 0 Å². The second-order valence-corrected chi connectivity index (χ2v) is 4.47. The van der Waals surface area contributed by atoms with E-state index in [1.54, 1.807) is 6.26 Å². The van der Waals surface area contributed by atoms with Gasteiger partial charge in [-0.05, 0) is 6.92 Å². The fourth-order valence-corrected chi connectivity index (χ4v) is 1.26. The fraction of sp³-hybridized carbons (Fsp3) is 0.875. The summed E-state index contributed by atoms with van der Waals surface area (Å²) in [6.07, 6.45) is 2.01. The average Bonchev–Trinajstić information content (AvgIpc) is 2.03. The fourth-order valence-electron chi connectivity index (χ4n) is 0.855. The lowest BCUT2D eigenvalue weighted by Crippen LogP contribution is -2.31. The number of ether oxygens (including phenoxy) is 1. The topological polar surface area (TPSA) is 55.4 Å². The van der Waals surface area contributed by atoms with E-state index in [0.717, 1.165) is 0 Å². The summed E-state index contributed by atoms with van der Waals surface area (Å²) < 4.78 is 15.2. The van der Waals surface area contributed by atoms with Crippen molar-refractivity contribution in [2.45, 2.75) is 19.4 Å². The van der Waals surface area contributed by atoms with Gasteiger partial charge >= 0.3 is 5.97 Å². The van der Waals surface area contributed by atoms with Crippen LogP contribution in [0.2, 0.25) is 0 Å². The molecular weight excluding hydrogens is 190 g/mol. The molecule has 0 heterocycles. The lowest BCUT2D eigenvalue weighted by Gasteiger charge is -2.11. The highest BCUT2D eigenvalue weighted by molar-refractivity contribution is 7.84. The van der Waals surface area contributed by atoms with Crippen LogP contribution in [0.4, 0.5) is 0 Å². The molecule has 0 aliphatic carbocycles. The monoisotopic (exact) mass is 207 g/mol. The highest BCUT2D eigenvalue weighted by Crippen LogP contribution is 1.92. The van der Waals surface area contributed by atoms with Crippen LogP contribution in [0.1, 0.15) is 13.3 Å². The summed E-state index contributed by atoms with van der Waals surface area (Å²) in [6, 6.07) is 0.0796. The Kier molecular flexibility index (Phi) is 6.80. The Morgan fingerprint density at radius 1 is 1.62 bits per heavy atom. The first-order chi connectivity index (χ1) is 6.06. The predicted octanol–water partition coefficient (Wildman–Crippen LogP) is -0.0939. The first-order valence-electron chi connectivity index (χ1n) is 4.16. The number of esters is 1. The smallest absolute Gasteiger partial charge is 0.307 e. The van der Waals surface area contributed by atoms with E-state index in [1.807, 2.05) is 6.92 Å². The summed E-state index contributed by atoms with van der Waals surface area (Å²) in [6.45, 7) is 2.57. The van der Waals surface area contributed by atoms with Crippen molar-refractivity contribution in [2.24, 2.45) is 0 Å². The van der Waals surface area contributed by atoms with E-state index in [2.05, 4.69) is 10.1 Å². The Bertz CT molecular complexity index is 184. The summed E-state index contributed by atoms with van der Waals surface area (Å²) in [7, 11) is 0.596. The normalized spacial score (nSPS) is 15.0. The molecule has 0 saturated heterocycles. The zero-order chi connectivity index (χ0) is 10.3. The SMILES string of the molecule is COC(=O)CC(C)NCCS(C)=O. The minimum atomic E-state index is -0.775. The molecule has 0 bridgehead atoms. The van der Waals surface area contributed by atoms with Crippen molar-refractivity contribution in [2.75, 3.05) is 25.7 Å². The Morgan fingerprint density at radius 3 is 2.69 bits per heavy atom. The highest BCUT2D eigenvalue weighted by atomic mass is 32.2. The molecule has 0 aromatic rings. The van der Waals surface area contributed by atoms with Crippen LogP contribution in [0.15, 0.2) is 0 Å². The third-order valence-electron chi connectivity index (χ3n) is 1.58. The van der Waals surface area contributed by atoms with Gasteiger partial charge in [0, 0.05) is 35.4 Å². The van der Waals surface area contributed by atoms with Crippen LogP contribution < -0.4 is 5.32 Å². The molecule has 0 aliphatic heterocycles. The first-order valence-corrected chi connectivity index (χ1v) is 5.89. The zero-order valence-corrected chi connectivity index (χ0v) is 9.15. The molecule has 0 aliphatic rings. The first kappa shape index (κ1) is 12.6. The Balaban J connectivity index is 3.45. The number of methoxy groups -OCH3 is 1. The molecule has 13 heavy (non-hydrogen) atoms. The minimum Gasteiger partial charge on any atom is -0.469 e. The van der Waals surface area contributed by atoms with Crippen molar-refractivity contribution in [1.29, 1.82) is 0 Å². The molecule has 2 atom stereocenters. The van der Waals surface area contributed by atoms with Gasteiger partial charge in [-0.15, -0.1) is 0 Å². The summed E-state index contributed by atoms with van der Waals surface area (Å²) in [4.78, 5) is 10.8. The molecule has 0 fully saturated rings. The molecule has 0 rings (SSSR count). The van der Waals surface area contributed by atoms with Crippen LogP contribution >= 0.6 is 0 Å². The molecule has 78 valence electrons. The van der Waals surface area contributed by atoms with Crippen LogP contribution in [0, 0.1) is 0 Å². The van der Waals surface area contributed by atoms with Gasteiger partial charge in [-0.2, -0.15) is 0 Å². The number of rotatable bonds is 6. The molecule has 0 saturated carbocycles. The molecule has 0 amide bonds. The molecule has 0 spiro atoms. The summed E-state index contributed by atoms with van der Waals surface area (Å²) in [5.41, 5.74) is 0. The Labute approximate surface area is 81.5 Å². The number of hydrogen-bond acceptors (Lipinski definition) is 4. The summed E-state index contributed by atoms with van der Waals surface area (Å²) in [5.74, 6) is 0.392. The van der Waals surface area contributed by atoms with Gasteiger partial charge in [0.1, 0.15) is 0 Å². The molecule has 5 heteroatoms. The summed E-state index contributed by atoms with van der Waals surface area (Å²) in [5, 5.41) is 3.09. The summed E-state index contributed by atoms with van der Waals surface area (Å²) >= 11 is 0. The average molecular weight is 207 g/mol. The molecule has 2 unspecified atom stereocenters. The second-order valence-electron chi connectivity index (χ2n) is 2.91. The van der Waals surface area contributed by atoms with Gasteiger partial charge < -0.3 is 10.1 Å². The van der Waals surface area contributed by atoms with E-state index in [0.29, 0.717) is 18.7 Å². The number of carbonyl (C=O) groups is 1. The maximum absolute atomic E-state index is 10.8. The maximum atomic E-state index is 10.8. The number of nitrogens with one attached hydrogen (secondary N) is 1. The van der Waals surface area contributed by atoms with Gasteiger partial charge in [0.25, 0.3) is 0 Å². The van der Waals surface area contributed by atoms with Crippen molar-refractivity contribution in [1.82, 2.24) is 5.32 Å². The van der Waals surface area contributed by atoms with Crippen LogP contribution in [0.5, 0.6) is 0 Å². The predicted molar refractivity (Wildman–Crippen MR) is 53.0 cm³/mol. The standard InChI is InChI=1S/C8H17NO3S/c1-7(6-8(10)12-2)9-4-5-13(3)11/h7,9H,4-6H2,1-3H3. The highest BCUT2D eigenvalue weighted by Gasteiger charge is 2.07. The lowest BCUT2D eigenvalue weighted by atomic mass is 10.2. The second kappa shape index (κ2) is 7.03. The quantitative estimate of drug-likeness (QED) is 0.618. The van der Waals surface area contributed by atoms with Crippen molar-refractivity contribution < 1.29 is 13.7 Å². The molecule has 4 nitrogen and oxygen atoms in total. The van der Waals surface area contributed by atoms with Gasteiger partial charge in [-0.25, -0.2) is 0 Å². The number of hydrogen-bond donors (Lipinski definition) is 1. The van der Waals surface area contributed by atoms with Crippen LogP contribution in [-0.4, -0.2) is 41.9 Å². The van der Waals surface area contributed by atoms with Crippen molar-refractivity contribution >= 4 is 16.8 Å².